The van der Waals surface area contributed by atoms with Crippen LogP contribution in [-0.2, 0) is 0 Å². The van der Waals surface area contributed by atoms with Crippen molar-refractivity contribution >= 4 is 43.4 Å². The third-order valence-corrected chi connectivity index (χ3v) is 8.89. The number of nitrogens with zero attached hydrogens (tertiary/aromatic N) is 1. The van der Waals surface area contributed by atoms with E-state index in [-0.39, 0.29) is 0 Å². The molecule has 0 unspecified atom stereocenters. The molecule has 0 fully saturated rings. The van der Waals surface area contributed by atoms with E-state index in [4.69, 9.17) is 9.40 Å². The Bertz CT molecular complexity index is 2470. The Morgan fingerprint density at radius 1 is 0.378 bits per heavy atom. The number of rotatable bonds is 4. The Labute approximate surface area is 260 Å². The minimum atomic E-state index is 0.642. The molecule has 2 heteroatoms. The van der Waals surface area contributed by atoms with E-state index >= 15 is 0 Å². The maximum atomic E-state index is 6.19. The van der Waals surface area contributed by atoms with Crippen LogP contribution in [0.2, 0.25) is 0 Å². The molecule has 0 N–H and O–H groups in total. The third-order valence-electron chi connectivity index (χ3n) is 8.89. The number of aromatic nitrogens is 1. The molecule has 0 radical (unpaired) electrons. The van der Waals surface area contributed by atoms with Gasteiger partial charge in [-0.05, 0) is 96.0 Å². The molecule has 2 nitrogen and oxygen atoms in total. The van der Waals surface area contributed by atoms with Gasteiger partial charge in [0, 0.05) is 5.56 Å². The first-order valence-corrected chi connectivity index (χ1v) is 15.3. The molecule has 210 valence electrons. The van der Waals surface area contributed by atoms with Crippen LogP contribution in [0.25, 0.3) is 88.3 Å². The van der Waals surface area contributed by atoms with Crippen molar-refractivity contribution in [1.82, 2.24) is 4.98 Å². The van der Waals surface area contributed by atoms with E-state index in [0.29, 0.717) is 5.89 Å². The smallest absolute Gasteiger partial charge is 0.227 e. The van der Waals surface area contributed by atoms with Gasteiger partial charge in [-0.25, -0.2) is 4.98 Å². The first-order chi connectivity index (χ1) is 22.3. The Balaban J connectivity index is 1.22. The summed E-state index contributed by atoms with van der Waals surface area (Å²) in [4.78, 5) is 4.72. The van der Waals surface area contributed by atoms with Crippen molar-refractivity contribution in [2.75, 3.05) is 0 Å². The minimum absolute atomic E-state index is 0.642. The van der Waals surface area contributed by atoms with E-state index in [1.54, 1.807) is 0 Å². The molecular weight excluding hydrogens is 546 g/mol. The molecule has 0 aliphatic carbocycles. The predicted octanol–water partition coefficient (Wildman–Crippen LogP) is 12.0. The van der Waals surface area contributed by atoms with Crippen molar-refractivity contribution in [3.8, 4) is 44.8 Å². The topological polar surface area (TPSA) is 26.0 Å². The van der Waals surface area contributed by atoms with Crippen molar-refractivity contribution < 1.29 is 4.42 Å². The number of hydrogen-bond donors (Lipinski definition) is 0. The van der Waals surface area contributed by atoms with E-state index in [1.807, 2.05) is 36.4 Å². The van der Waals surface area contributed by atoms with Gasteiger partial charge in [0.1, 0.15) is 5.52 Å². The van der Waals surface area contributed by atoms with Gasteiger partial charge in [-0.1, -0.05) is 133 Å². The van der Waals surface area contributed by atoms with Crippen LogP contribution < -0.4 is 0 Å². The standard InChI is InChI=1S/C43H27NO/c1-3-12-28(13-4-1)41-35-17-7-9-19-37(35)42(38-20-10-8-18-36(38)41)34-21-11-16-32-26-30(22-24-33(32)34)31-23-25-39-40(27-31)45-43(44-39)29-14-5-2-6-15-29/h1-27H. The lowest BCUT2D eigenvalue weighted by Gasteiger charge is -2.19. The molecule has 9 aromatic rings. The van der Waals surface area contributed by atoms with Gasteiger partial charge in [-0.2, -0.15) is 0 Å². The number of benzene rings is 8. The quantitative estimate of drug-likeness (QED) is 0.196. The van der Waals surface area contributed by atoms with Crippen LogP contribution in [0.3, 0.4) is 0 Å². The normalized spacial score (nSPS) is 11.6. The maximum absolute atomic E-state index is 6.19. The van der Waals surface area contributed by atoms with Crippen LogP contribution in [0.15, 0.2) is 168 Å². The van der Waals surface area contributed by atoms with E-state index in [0.717, 1.165) is 27.8 Å². The van der Waals surface area contributed by atoms with Gasteiger partial charge >= 0.3 is 0 Å². The lowest BCUT2D eigenvalue weighted by molar-refractivity contribution is 0.620. The molecule has 0 spiro atoms. The molecule has 1 aromatic heterocycles. The second kappa shape index (κ2) is 10.3. The molecule has 8 aromatic carbocycles. The fraction of sp³-hybridized carbons (Fsp3) is 0. The minimum Gasteiger partial charge on any atom is -0.436 e. The van der Waals surface area contributed by atoms with Gasteiger partial charge < -0.3 is 4.42 Å². The fourth-order valence-electron chi connectivity index (χ4n) is 6.82. The van der Waals surface area contributed by atoms with Crippen LogP contribution >= 0.6 is 0 Å². The van der Waals surface area contributed by atoms with Gasteiger partial charge in [0.05, 0.1) is 0 Å². The Morgan fingerprint density at radius 3 is 1.64 bits per heavy atom. The van der Waals surface area contributed by atoms with Crippen LogP contribution in [-0.4, -0.2) is 4.98 Å². The summed E-state index contributed by atoms with van der Waals surface area (Å²) in [5.74, 6) is 0.642. The van der Waals surface area contributed by atoms with Crippen molar-refractivity contribution in [1.29, 1.82) is 0 Å². The lowest BCUT2D eigenvalue weighted by Crippen LogP contribution is -1.91. The summed E-state index contributed by atoms with van der Waals surface area (Å²) < 4.78 is 6.19. The number of hydrogen-bond acceptors (Lipinski definition) is 2. The summed E-state index contributed by atoms with van der Waals surface area (Å²) in [6.07, 6.45) is 0. The molecule has 0 saturated carbocycles. The summed E-state index contributed by atoms with van der Waals surface area (Å²) in [5.41, 5.74) is 9.91. The molecule has 45 heavy (non-hydrogen) atoms. The van der Waals surface area contributed by atoms with E-state index in [1.165, 1.54) is 54.6 Å². The molecule has 0 amide bonds. The average molecular weight is 574 g/mol. The Kier molecular flexibility index (Phi) is 5.85. The molecule has 0 saturated heterocycles. The first kappa shape index (κ1) is 25.5. The van der Waals surface area contributed by atoms with E-state index in [9.17, 15) is 0 Å². The zero-order chi connectivity index (χ0) is 29.7. The number of oxazole rings is 1. The molecular formula is C43H27NO. The largest absolute Gasteiger partial charge is 0.436 e. The highest BCUT2D eigenvalue weighted by Gasteiger charge is 2.18. The molecule has 1 heterocycles. The van der Waals surface area contributed by atoms with Gasteiger partial charge in [0.2, 0.25) is 5.89 Å². The predicted molar refractivity (Wildman–Crippen MR) is 188 cm³/mol. The zero-order valence-corrected chi connectivity index (χ0v) is 24.4. The molecule has 0 aliphatic heterocycles. The van der Waals surface area contributed by atoms with Crippen LogP contribution in [0, 0.1) is 0 Å². The molecule has 0 atom stereocenters. The first-order valence-electron chi connectivity index (χ1n) is 15.3. The van der Waals surface area contributed by atoms with E-state index < -0.39 is 0 Å². The van der Waals surface area contributed by atoms with Crippen molar-refractivity contribution in [3.63, 3.8) is 0 Å². The summed E-state index contributed by atoms with van der Waals surface area (Å²) in [7, 11) is 0. The van der Waals surface area contributed by atoms with E-state index in [2.05, 4.69) is 127 Å². The van der Waals surface area contributed by atoms with Gasteiger partial charge in [0.25, 0.3) is 0 Å². The second-order valence-electron chi connectivity index (χ2n) is 11.5. The highest BCUT2D eigenvalue weighted by atomic mass is 16.3. The summed E-state index contributed by atoms with van der Waals surface area (Å²) in [6, 6.07) is 58.2. The fourth-order valence-corrected chi connectivity index (χ4v) is 6.82. The van der Waals surface area contributed by atoms with Crippen LogP contribution in [0.1, 0.15) is 0 Å². The molecule has 0 aliphatic rings. The monoisotopic (exact) mass is 573 g/mol. The van der Waals surface area contributed by atoms with Gasteiger partial charge in [-0.3, -0.25) is 0 Å². The number of fused-ring (bicyclic) bond motifs is 4. The SMILES string of the molecule is c1ccc(-c2nc3ccc(-c4ccc5c(-c6c7ccccc7c(-c7ccccc7)c7ccccc67)cccc5c4)cc3o2)cc1. The van der Waals surface area contributed by atoms with Crippen molar-refractivity contribution in [2.45, 2.75) is 0 Å². The Hall–Kier alpha value is -5.99. The second-order valence-corrected chi connectivity index (χ2v) is 11.5. The zero-order valence-electron chi connectivity index (χ0n) is 24.4. The van der Waals surface area contributed by atoms with Crippen LogP contribution in [0.4, 0.5) is 0 Å². The maximum Gasteiger partial charge on any atom is 0.227 e. The average Bonchev–Trinajstić information content (AvgIpc) is 3.55. The highest BCUT2D eigenvalue weighted by Crippen LogP contribution is 2.45. The van der Waals surface area contributed by atoms with Crippen molar-refractivity contribution in [2.24, 2.45) is 0 Å². The summed E-state index contributed by atoms with van der Waals surface area (Å²) in [6.45, 7) is 0. The van der Waals surface area contributed by atoms with Gasteiger partial charge in [0.15, 0.2) is 5.58 Å². The summed E-state index contributed by atoms with van der Waals surface area (Å²) >= 11 is 0. The molecule has 0 bridgehead atoms. The summed E-state index contributed by atoms with van der Waals surface area (Å²) in [5, 5.41) is 7.49. The van der Waals surface area contributed by atoms with Gasteiger partial charge in [-0.15, -0.1) is 0 Å². The Morgan fingerprint density at radius 2 is 0.956 bits per heavy atom. The van der Waals surface area contributed by atoms with Crippen molar-refractivity contribution in [3.05, 3.63) is 164 Å². The highest BCUT2D eigenvalue weighted by molar-refractivity contribution is 6.23. The molecule has 9 rings (SSSR count). The van der Waals surface area contributed by atoms with Crippen LogP contribution in [0.5, 0.6) is 0 Å². The lowest BCUT2D eigenvalue weighted by atomic mass is 9.84. The third kappa shape index (κ3) is 4.22.